The Hall–Kier alpha value is -6.27. The van der Waals surface area contributed by atoms with Crippen LogP contribution < -0.4 is 21.7 Å². The molecule has 7 amide bonds. The van der Waals surface area contributed by atoms with Gasteiger partial charge in [0, 0.05) is 58.4 Å². The van der Waals surface area contributed by atoms with Gasteiger partial charge in [-0.2, -0.15) is 0 Å². The van der Waals surface area contributed by atoms with Crippen molar-refractivity contribution in [1.82, 2.24) is 30.7 Å². The van der Waals surface area contributed by atoms with E-state index in [1.165, 1.54) is 69.1 Å². The van der Waals surface area contributed by atoms with Crippen LogP contribution in [0.15, 0.2) is 0 Å². The van der Waals surface area contributed by atoms with Crippen molar-refractivity contribution >= 4 is 65.8 Å². The summed E-state index contributed by atoms with van der Waals surface area (Å²) in [7, 11) is 0. The number of hydrogen-bond donors (Lipinski definition) is 7. The number of aliphatic carboxylic acids is 3. The molecule has 0 heterocycles. The minimum atomic E-state index is -3.53. The number of ketones is 1. The number of amides is 7. The Morgan fingerprint density at radius 1 is 0.429 bits per heavy atom. The van der Waals surface area contributed by atoms with Crippen LogP contribution in [0.2, 0.25) is 0 Å². The van der Waals surface area contributed by atoms with E-state index >= 15 is 19.2 Å². The largest absolute Gasteiger partial charge is 0.481 e. The molecule has 0 aromatic rings. The molecule has 0 saturated heterocycles. The fraction of sp³-hybridized carbons (Fsp3) is 0.849. The van der Waals surface area contributed by atoms with E-state index in [4.69, 9.17) is 24.7 Å². The molecule has 0 aliphatic heterocycles. The number of Topliss-reactive ketones (excluding diaryl/α,β-unsaturated/α-hetero) is 1. The normalized spacial score (nSPS) is 13.4. The summed E-state index contributed by atoms with van der Waals surface area (Å²) in [4.78, 5) is 159. The molecular weight excluding hydrogens is 1260 g/mol. The van der Waals surface area contributed by atoms with Crippen LogP contribution in [-0.4, -0.2) is 169 Å². The molecule has 0 aliphatic rings. The summed E-state index contributed by atoms with van der Waals surface area (Å²) in [5.41, 5.74) is -1.51. The average Bonchev–Trinajstić information content (AvgIpc) is 0.742. The number of carbonyl (C=O) groups excluding carboxylic acids is 8. The fourth-order valence-electron chi connectivity index (χ4n) is 11.4. The molecule has 568 valence electrons. The predicted octanol–water partition coefficient (Wildman–Crippen LogP) is 14.5. The second-order valence-electron chi connectivity index (χ2n) is 30.1. The summed E-state index contributed by atoms with van der Waals surface area (Å²) in [5.74, 6) is -13.0. The van der Waals surface area contributed by atoms with E-state index in [0.29, 0.717) is 30.6 Å². The van der Waals surface area contributed by atoms with E-state index < -0.39 is 157 Å². The first-order valence-corrected chi connectivity index (χ1v) is 36.9. The highest BCUT2D eigenvalue weighted by Gasteiger charge is 2.60. The van der Waals surface area contributed by atoms with Crippen LogP contribution in [0.4, 0.5) is 19.2 Å². The quantitative estimate of drug-likeness (QED) is 0.0169. The molecule has 98 heavy (non-hydrogen) atoms. The maximum Gasteiger partial charge on any atom is 0.410 e. The number of nitrogens with one attached hydrogen (secondary N) is 3. The van der Waals surface area contributed by atoms with Crippen molar-refractivity contribution in [3.63, 3.8) is 0 Å². The highest BCUT2D eigenvalue weighted by molar-refractivity contribution is 6.05. The number of primary amides is 1. The van der Waals surface area contributed by atoms with Crippen molar-refractivity contribution in [3.8, 4) is 0 Å². The first kappa shape index (κ1) is 91.7. The molecule has 0 rings (SSSR count). The Bertz CT molecular complexity index is 2340. The Balaban J connectivity index is 8.50. The summed E-state index contributed by atoms with van der Waals surface area (Å²) in [6.07, 6.45) is 16.4. The Morgan fingerprint density at radius 2 is 0.786 bits per heavy atom. The van der Waals surface area contributed by atoms with E-state index in [-0.39, 0.29) is 58.3 Å². The van der Waals surface area contributed by atoms with Gasteiger partial charge in [-0.3, -0.25) is 43.9 Å². The Kier molecular flexibility index (Phi) is 46.1. The number of unbranched alkanes of at least 4 members (excludes halogenated alkanes) is 24. The lowest BCUT2D eigenvalue weighted by molar-refractivity contribution is -0.179. The third-order valence-corrected chi connectivity index (χ3v) is 16.2. The third-order valence-electron chi connectivity index (χ3n) is 16.2. The van der Waals surface area contributed by atoms with Crippen LogP contribution >= 0.6 is 0 Å². The molecule has 0 fully saturated rings. The maximum absolute atomic E-state index is 16.5. The molecule has 8 N–H and O–H groups in total. The monoisotopic (exact) mass is 1400 g/mol. The van der Waals surface area contributed by atoms with Gasteiger partial charge in [-0.1, -0.05) is 168 Å². The predicted molar refractivity (Wildman–Crippen MR) is 378 cm³/mol. The summed E-state index contributed by atoms with van der Waals surface area (Å²) >= 11 is 0. The van der Waals surface area contributed by atoms with Gasteiger partial charge in [0.05, 0.1) is 12.0 Å². The zero-order valence-electron chi connectivity index (χ0n) is 62.9. The van der Waals surface area contributed by atoms with Crippen molar-refractivity contribution in [3.05, 3.63) is 0 Å². The lowest BCUT2D eigenvalue weighted by atomic mass is 9.78. The number of carbonyl (C=O) groups is 11. The fourth-order valence-corrected chi connectivity index (χ4v) is 11.4. The van der Waals surface area contributed by atoms with Crippen molar-refractivity contribution < 1.29 is 87.0 Å². The average molecular weight is 1400 g/mol. The summed E-state index contributed by atoms with van der Waals surface area (Å²) in [5, 5.41) is 40.6. The molecule has 0 aromatic heterocycles. The molecule has 0 aliphatic carbocycles. The standard InChI is InChI=1S/C73H133N7O18/c1-15-17-19-21-23-25-27-29-31-33-35-37-39-45-59(82)80(60(83)46-40-38-36-34-32-30-28-26-24-22-20-18-16-2)73(64(89)90,77-56(63(87)88)47-48-61(84)85)55(54-58(74)81)62(86)57(79(68(94)98-72(12,13)14)53-43-50-76-66(92)96-70(6,7)8)44-41-51-78(67(93)97-71(9,10)11)52-42-49-75-65(91)95-69(3,4)5/h55-57,77H,15-54H2,1-14H3,(H2,74,81)(H,75,91)(H,76,92)(H,84,85)(H,87,88)(H,89,90)/t55?,56-,57-,73-/m0/s1. The Morgan fingerprint density at radius 3 is 1.13 bits per heavy atom. The molecule has 0 saturated carbocycles. The highest BCUT2D eigenvalue weighted by atomic mass is 16.6. The summed E-state index contributed by atoms with van der Waals surface area (Å²) in [6.45, 7) is 23.1. The molecular formula is C73H133N7O18. The number of carboxylic acids is 3. The lowest BCUT2D eigenvalue weighted by Crippen LogP contribution is -2.75. The summed E-state index contributed by atoms with van der Waals surface area (Å²) in [6, 6.07) is -4.16. The van der Waals surface area contributed by atoms with Crippen molar-refractivity contribution in [2.75, 3.05) is 32.7 Å². The van der Waals surface area contributed by atoms with E-state index in [1.807, 2.05) is 0 Å². The van der Waals surface area contributed by atoms with Gasteiger partial charge in [0.1, 0.15) is 28.4 Å². The number of carboxylic acid groups (broad SMARTS) is 3. The minimum Gasteiger partial charge on any atom is -0.481 e. The van der Waals surface area contributed by atoms with E-state index in [1.54, 1.807) is 83.1 Å². The van der Waals surface area contributed by atoms with Crippen LogP contribution in [-0.2, 0) is 52.5 Å². The molecule has 1 unspecified atom stereocenters. The van der Waals surface area contributed by atoms with Crippen LogP contribution in [0.3, 0.4) is 0 Å². The lowest BCUT2D eigenvalue weighted by Gasteiger charge is -2.47. The summed E-state index contributed by atoms with van der Waals surface area (Å²) < 4.78 is 22.5. The molecule has 0 aromatic carbocycles. The third kappa shape index (κ3) is 43.3. The SMILES string of the molecule is CCCCCCCCCCCCCCCC(=O)N(C(=O)CCCCCCCCCCCCCCC)[C@](N[C@@H](CCC(=O)O)C(=O)O)(C(=O)O)C(CC(N)=O)C(=O)[C@H](CCCN(CCCNC(=O)OC(C)(C)C)C(=O)OC(C)(C)C)N(CCCNC(=O)OC(C)(C)C)C(=O)OC(C)(C)C. The maximum atomic E-state index is 16.5. The minimum absolute atomic E-state index is 0.0363. The van der Waals surface area contributed by atoms with Gasteiger partial charge < -0.3 is 55.5 Å². The number of imide groups is 1. The van der Waals surface area contributed by atoms with Crippen molar-refractivity contribution in [2.45, 2.75) is 362 Å². The van der Waals surface area contributed by atoms with E-state index in [2.05, 4.69) is 29.8 Å². The van der Waals surface area contributed by atoms with Crippen molar-refractivity contribution in [1.29, 1.82) is 0 Å². The number of rotatable bonds is 54. The number of nitrogens with zero attached hydrogens (tertiary/aromatic N) is 3. The number of ether oxygens (including phenoxy) is 4. The number of alkyl carbamates (subject to hydrolysis) is 2. The highest BCUT2D eigenvalue weighted by Crippen LogP contribution is 2.35. The van der Waals surface area contributed by atoms with Gasteiger partial charge in [-0.05, 0) is 128 Å². The van der Waals surface area contributed by atoms with Gasteiger partial charge in [-0.15, -0.1) is 0 Å². The first-order valence-electron chi connectivity index (χ1n) is 36.9. The van der Waals surface area contributed by atoms with E-state index in [0.717, 1.165) is 69.1 Å². The van der Waals surface area contributed by atoms with E-state index in [9.17, 15) is 48.9 Å². The molecule has 0 bridgehead atoms. The molecule has 0 spiro atoms. The molecule has 25 nitrogen and oxygen atoms in total. The zero-order valence-corrected chi connectivity index (χ0v) is 62.9. The van der Waals surface area contributed by atoms with Crippen LogP contribution in [0.5, 0.6) is 0 Å². The van der Waals surface area contributed by atoms with Gasteiger partial charge >= 0.3 is 42.3 Å². The van der Waals surface area contributed by atoms with Gasteiger partial charge in [0.15, 0.2) is 5.78 Å². The molecule has 25 heteroatoms. The van der Waals surface area contributed by atoms with Crippen LogP contribution in [0, 0.1) is 5.92 Å². The second kappa shape index (κ2) is 49.3. The smallest absolute Gasteiger partial charge is 0.410 e. The van der Waals surface area contributed by atoms with Gasteiger partial charge in [0.25, 0.3) is 0 Å². The molecule has 0 radical (unpaired) electrons. The van der Waals surface area contributed by atoms with Gasteiger partial charge in [-0.25, -0.2) is 24.0 Å². The van der Waals surface area contributed by atoms with Crippen LogP contribution in [0.1, 0.15) is 322 Å². The number of nitrogens with two attached hydrogens (primary N) is 1. The molecule has 4 atom stereocenters. The zero-order chi connectivity index (χ0) is 74.5. The second-order valence-corrected chi connectivity index (χ2v) is 30.1. The Labute approximate surface area is 587 Å². The topological polar surface area (TPSA) is 357 Å². The number of hydrogen-bond acceptors (Lipinski definition) is 16. The first-order chi connectivity index (χ1) is 45.8. The van der Waals surface area contributed by atoms with Crippen LogP contribution in [0.25, 0.3) is 0 Å². The van der Waals surface area contributed by atoms with Gasteiger partial charge in [0.2, 0.25) is 23.4 Å². The van der Waals surface area contributed by atoms with Crippen molar-refractivity contribution in [2.24, 2.45) is 11.7 Å².